The van der Waals surface area contributed by atoms with Crippen molar-refractivity contribution in [3.63, 3.8) is 0 Å². The van der Waals surface area contributed by atoms with Crippen LogP contribution in [0.25, 0.3) is 16.6 Å². The SMILES string of the molecule is CCC(C(=O)OC)N(C(=O)c1ccc(N2CCN(CC3=C(c4ccc(Cl)cc4)CC(C)(C)CC3)CC2)cc1Oc1cnc2[nH]ccc2c1)S(=O)(=O)c1ccc(OCC2(F)CCOCC2)c([N+](=O)[O-])c1. The molecule has 4 heterocycles. The number of allylic oxidation sites excluding steroid dienone is 1. The summed E-state index contributed by atoms with van der Waals surface area (Å²) in [6, 6.07) is 17.5. The largest absolute Gasteiger partial charge is 0.483 e. The number of nitro benzene ring substituents is 1. The van der Waals surface area contributed by atoms with Gasteiger partial charge in [0.05, 0.1) is 28.7 Å². The van der Waals surface area contributed by atoms with Crippen LogP contribution in [0.2, 0.25) is 5.02 Å². The average molecular weight is 988 g/mol. The van der Waals surface area contributed by atoms with E-state index in [4.69, 9.17) is 30.5 Å². The Morgan fingerprint density at radius 3 is 2.43 bits per heavy atom. The van der Waals surface area contributed by atoms with Crippen molar-refractivity contribution in [1.82, 2.24) is 19.2 Å². The number of carbonyl (C=O) groups is 2. The number of sulfonamides is 1. The summed E-state index contributed by atoms with van der Waals surface area (Å²) in [6.07, 6.45) is 6.06. The van der Waals surface area contributed by atoms with Crippen LogP contribution in [0.15, 0.2) is 95.7 Å². The number of alkyl halides is 1. The van der Waals surface area contributed by atoms with Crippen LogP contribution in [-0.2, 0) is 24.3 Å². The summed E-state index contributed by atoms with van der Waals surface area (Å²) in [7, 11) is -4.03. The molecule has 16 nitrogen and oxygen atoms in total. The predicted octanol–water partition coefficient (Wildman–Crippen LogP) is 9.38. The van der Waals surface area contributed by atoms with Gasteiger partial charge in [-0.2, -0.15) is 0 Å². The van der Waals surface area contributed by atoms with Gasteiger partial charge in [-0.05, 0) is 90.8 Å². The summed E-state index contributed by atoms with van der Waals surface area (Å²) in [4.78, 5) is 51.4. The molecule has 2 aliphatic heterocycles. The summed E-state index contributed by atoms with van der Waals surface area (Å²) in [5.41, 5.74) is 2.65. The molecule has 2 aromatic heterocycles. The first-order valence-electron chi connectivity index (χ1n) is 23.0. The number of piperazine rings is 1. The molecule has 1 N–H and O–H groups in total. The normalized spacial score (nSPS) is 17.9. The second-order valence-electron chi connectivity index (χ2n) is 18.6. The van der Waals surface area contributed by atoms with E-state index in [2.05, 4.69) is 45.7 Å². The third-order valence-corrected chi connectivity index (χ3v) is 15.3. The highest BCUT2D eigenvalue weighted by atomic mass is 35.5. The van der Waals surface area contributed by atoms with Crippen molar-refractivity contribution in [3.05, 3.63) is 117 Å². The van der Waals surface area contributed by atoms with Gasteiger partial charge in [0.2, 0.25) is 0 Å². The van der Waals surface area contributed by atoms with E-state index >= 15 is 9.18 Å². The van der Waals surface area contributed by atoms with Crippen molar-refractivity contribution in [3.8, 4) is 17.2 Å². The molecule has 69 heavy (non-hydrogen) atoms. The first-order chi connectivity index (χ1) is 33.0. The molecule has 3 aromatic carbocycles. The maximum absolute atomic E-state index is 15.4. The fourth-order valence-electron chi connectivity index (χ4n) is 9.19. The standard InChI is InChI=1S/C50H56ClFN6O10S/c1-5-42(48(60)65-4)57(69(63,64)39-11-13-44(43(28-39)58(61)62)67-32-50(52)17-24-66-25-18-50)47(59)40-12-10-37(27-45(40)68-38-26-34-15-19-53-46(34)54-30-38)56-22-20-55(21-23-56)31-35-14-16-49(2,3)29-41(35)33-6-8-36(51)9-7-33/h6-13,15,19,26-28,30,42H,5,14,16-18,20-25,29,31-32H2,1-4H3,(H,53,54). The number of nitrogens with one attached hydrogen (secondary N) is 1. The van der Waals surface area contributed by atoms with E-state index in [1.807, 2.05) is 12.1 Å². The van der Waals surface area contributed by atoms with E-state index in [0.717, 1.165) is 64.2 Å². The number of H-pyrrole nitrogens is 1. The first kappa shape index (κ1) is 49.3. The van der Waals surface area contributed by atoms with Crippen LogP contribution in [0.1, 0.15) is 75.2 Å². The zero-order valence-electron chi connectivity index (χ0n) is 39.0. The number of benzene rings is 3. The molecule has 0 bridgehead atoms. The van der Waals surface area contributed by atoms with Crippen LogP contribution >= 0.6 is 11.6 Å². The first-order valence-corrected chi connectivity index (χ1v) is 24.8. The lowest BCUT2D eigenvalue weighted by molar-refractivity contribution is -0.386. The van der Waals surface area contributed by atoms with Gasteiger partial charge in [-0.1, -0.05) is 50.1 Å². The minimum Gasteiger partial charge on any atom is -0.483 e. The lowest BCUT2D eigenvalue weighted by atomic mass is 9.72. The second-order valence-corrected chi connectivity index (χ2v) is 20.8. The quantitative estimate of drug-likeness (QED) is 0.0560. The smallest absolute Gasteiger partial charge is 0.329 e. The molecule has 19 heteroatoms. The number of aromatic amines is 1. The minimum absolute atomic E-state index is 0.0153. The molecule has 1 unspecified atom stereocenters. The lowest BCUT2D eigenvalue weighted by Gasteiger charge is -2.39. The van der Waals surface area contributed by atoms with Gasteiger partial charge in [-0.15, -0.1) is 0 Å². The minimum atomic E-state index is -5.09. The number of ether oxygens (including phenoxy) is 4. The van der Waals surface area contributed by atoms with Gasteiger partial charge in [0.25, 0.3) is 15.9 Å². The zero-order valence-corrected chi connectivity index (χ0v) is 40.6. The van der Waals surface area contributed by atoms with Crippen molar-refractivity contribution < 1.29 is 46.3 Å². The number of hydrogen-bond acceptors (Lipinski definition) is 13. The number of hydrogen-bond donors (Lipinski definition) is 1. The van der Waals surface area contributed by atoms with Gasteiger partial charge in [0.1, 0.15) is 35.5 Å². The Hall–Kier alpha value is -6.08. The number of amides is 1. The van der Waals surface area contributed by atoms with Crippen molar-refractivity contribution in [2.24, 2.45) is 5.41 Å². The number of methoxy groups -OCH3 is 1. The molecule has 3 aliphatic rings. The second kappa shape index (κ2) is 20.5. The maximum atomic E-state index is 15.4. The lowest BCUT2D eigenvalue weighted by Crippen LogP contribution is -2.49. The van der Waals surface area contributed by atoms with Crippen LogP contribution in [0, 0.1) is 15.5 Å². The van der Waals surface area contributed by atoms with E-state index in [1.165, 1.54) is 35.9 Å². The topological polar surface area (TPSA) is 187 Å². The number of nitrogens with zero attached hydrogens (tertiary/aromatic N) is 5. The molecule has 2 saturated heterocycles. The number of halogens is 2. The molecule has 8 rings (SSSR count). The Balaban J connectivity index is 1.11. The molecule has 1 aliphatic carbocycles. The van der Waals surface area contributed by atoms with Gasteiger partial charge in [0, 0.05) is 93.2 Å². The van der Waals surface area contributed by atoms with E-state index in [1.54, 1.807) is 30.5 Å². The molecule has 1 amide bonds. The number of carbonyl (C=O) groups excluding carboxylic acids is 2. The van der Waals surface area contributed by atoms with Crippen molar-refractivity contribution >= 4 is 61.5 Å². The van der Waals surface area contributed by atoms with Gasteiger partial charge in [-0.25, -0.2) is 26.9 Å². The highest BCUT2D eigenvalue weighted by Crippen LogP contribution is 2.44. The van der Waals surface area contributed by atoms with E-state index in [9.17, 15) is 23.3 Å². The summed E-state index contributed by atoms with van der Waals surface area (Å²) in [5, 5.41) is 13.8. The van der Waals surface area contributed by atoms with Crippen LogP contribution in [0.3, 0.4) is 0 Å². The van der Waals surface area contributed by atoms with Crippen LogP contribution in [0.5, 0.6) is 17.2 Å². The Morgan fingerprint density at radius 1 is 1.00 bits per heavy atom. The molecular weight excluding hydrogens is 931 g/mol. The molecule has 1 atom stereocenters. The van der Waals surface area contributed by atoms with Crippen LogP contribution in [0.4, 0.5) is 15.8 Å². The number of esters is 1. The molecule has 0 saturated carbocycles. The summed E-state index contributed by atoms with van der Waals surface area (Å²) in [6.45, 7) is 9.49. The summed E-state index contributed by atoms with van der Waals surface area (Å²) >= 11 is 6.26. The highest BCUT2D eigenvalue weighted by molar-refractivity contribution is 7.89. The van der Waals surface area contributed by atoms with Gasteiger partial charge in [0.15, 0.2) is 5.75 Å². The van der Waals surface area contributed by atoms with E-state index in [0.29, 0.717) is 39.1 Å². The summed E-state index contributed by atoms with van der Waals surface area (Å²) < 4.78 is 67.7. The van der Waals surface area contributed by atoms with Crippen LogP contribution in [-0.4, -0.2) is 116 Å². The van der Waals surface area contributed by atoms with Crippen LogP contribution < -0.4 is 14.4 Å². The molecule has 366 valence electrons. The Morgan fingerprint density at radius 2 is 1.74 bits per heavy atom. The van der Waals surface area contributed by atoms with Gasteiger partial charge < -0.3 is 28.8 Å². The Bertz CT molecular complexity index is 2860. The fourth-order valence-corrected chi connectivity index (χ4v) is 10.9. The van der Waals surface area contributed by atoms with E-state index in [-0.39, 0.29) is 60.7 Å². The number of rotatable bonds is 16. The predicted molar refractivity (Wildman–Crippen MR) is 259 cm³/mol. The Labute approximate surface area is 405 Å². The zero-order chi connectivity index (χ0) is 49.1. The monoisotopic (exact) mass is 986 g/mol. The maximum Gasteiger partial charge on any atom is 0.329 e. The van der Waals surface area contributed by atoms with Crippen molar-refractivity contribution in [2.75, 3.05) is 64.6 Å². The number of nitro groups is 1. The van der Waals surface area contributed by atoms with Crippen molar-refractivity contribution in [2.45, 2.75) is 75.9 Å². The fraction of sp³-hybridized carbons (Fsp3) is 0.420. The number of aromatic nitrogens is 2. The van der Waals surface area contributed by atoms with Gasteiger partial charge in [-0.3, -0.25) is 19.8 Å². The highest BCUT2D eigenvalue weighted by Gasteiger charge is 2.42. The average Bonchev–Trinajstić information content (AvgIpc) is 3.81. The molecule has 0 spiro atoms. The molecular formula is C50H56ClFN6O10S. The van der Waals surface area contributed by atoms with Crippen molar-refractivity contribution in [1.29, 1.82) is 0 Å². The number of fused-ring (bicyclic) bond motifs is 1. The molecule has 5 aromatic rings. The van der Waals surface area contributed by atoms with E-state index < -0.39 is 55.7 Å². The molecule has 0 radical (unpaired) electrons. The third-order valence-electron chi connectivity index (χ3n) is 13.2. The Kier molecular flexibility index (Phi) is 14.6. The molecule has 2 fully saturated rings. The van der Waals surface area contributed by atoms with Gasteiger partial charge >= 0.3 is 11.7 Å². The number of anilines is 1. The number of pyridine rings is 1. The summed E-state index contributed by atoms with van der Waals surface area (Å²) in [5.74, 6) is -2.35. The third kappa shape index (κ3) is 11.0.